The van der Waals surface area contributed by atoms with E-state index in [1.165, 1.54) is 0 Å². The highest BCUT2D eigenvalue weighted by molar-refractivity contribution is 5.67. The van der Waals surface area contributed by atoms with Crippen molar-refractivity contribution in [3.8, 4) is 17.0 Å². The Kier molecular flexibility index (Phi) is 5.09. The summed E-state index contributed by atoms with van der Waals surface area (Å²) in [7, 11) is 0. The first-order chi connectivity index (χ1) is 12.1. The van der Waals surface area contributed by atoms with Gasteiger partial charge >= 0.3 is 0 Å². The fourth-order valence-electron chi connectivity index (χ4n) is 2.30. The summed E-state index contributed by atoms with van der Waals surface area (Å²) in [5, 5.41) is 16.2. The number of nitrogens with one attached hydrogen (secondary N) is 2. The van der Waals surface area contributed by atoms with E-state index in [0.29, 0.717) is 11.8 Å². The molecule has 2 aromatic heterocycles. The number of hydrogen-bond acceptors (Lipinski definition) is 6. The van der Waals surface area contributed by atoms with E-state index in [0.717, 1.165) is 23.4 Å². The van der Waals surface area contributed by atoms with Gasteiger partial charge in [0.1, 0.15) is 11.6 Å². The average Bonchev–Trinajstić information content (AvgIpc) is 2.62. The number of phenols is 1. The zero-order valence-corrected chi connectivity index (χ0v) is 14.3. The molecule has 6 heteroatoms. The third-order valence-electron chi connectivity index (χ3n) is 3.81. The lowest BCUT2D eigenvalue weighted by Crippen LogP contribution is -2.16. The molecule has 0 saturated heterocycles. The van der Waals surface area contributed by atoms with Crippen LogP contribution in [0.5, 0.6) is 5.75 Å². The maximum absolute atomic E-state index is 9.64. The van der Waals surface area contributed by atoms with Crippen LogP contribution in [0.15, 0.2) is 54.9 Å². The van der Waals surface area contributed by atoms with E-state index in [9.17, 15) is 5.11 Å². The van der Waals surface area contributed by atoms with Crippen molar-refractivity contribution in [1.29, 1.82) is 0 Å². The predicted molar refractivity (Wildman–Crippen MR) is 100 cm³/mol. The quantitative estimate of drug-likeness (QED) is 0.626. The summed E-state index contributed by atoms with van der Waals surface area (Å²) in [6.07, 6.45) is 4.45. The Labute approximate surface area is 147 Å². The SMILES string of the molecule is CC[C@@H](C)Nc1nc(Nc2cccc(O)c2)cc(-c2ccncc2)n1. The molecule has 0 aliphatic rings. The van der Waals surface area contributed by atoms with Crippen LogP contribution in [-0.4, -0.2) is 26.1 Å². The second-order valence-electron chi connectivity index (χ2n) is 5.83. The highest BCUT2D eigenvalue weighted by atomic mass is 16.3. The summed E-state index contributed by atoms with van der Waals surface area (Å²) >= 11 is 0. The normalized spacial score (nSPS) is 11.8. The van der Waals surface area contributed by atoms with Crippen LogP contribution in [0.1, 0.15) is 20.3 Å². The minimum absolute atomic E-state index is 0.200. The van der Waals surface area contributed by atoms with Crippen molar-refractivity contribution >= 4 is 17.5 Å². The lowest BCUT2D eigenvalue weighted by atomic mass is 10.2. The molecule has 0 aliphatic carbocycles. The zero-order valence-electron chi connectivity index (χ0n) is 14.3. The number of benzene rings is 1. The molecule has 0 unspecified atom stereocenters. The van der Waals surface area contributed by atoms with Gasteiger partial charge < -0.3 is 15.7 Å². The molecule has 3 N–H and O–H groups in total. The number of anilines is 3. The molecule has 1 aromatic carbocycles. The highest BCUT2D eigenvalue weighted by Gasteiger charge is 2.09. The number of rotatable bonds is 6. The first kappa shape index (κ1) is 16.7. The molecule has 0 amide bonds. The van der Waals surface area contributed by atoms with Crippen molar-refractivity contribution in [2.45, 2.75) is 26.3 Å². The molecule has 0 spiro atoms. The van der Waals surface area contributed by atoms with Gasteiger partial charge in [0, 0.05) is 41.8 Å². The smallest absolute Gasteiger partial charge is 0.225 e. The fourth-order valence-corrected chi connectivity index (χ4v) is 2.30. The Morgan fingerprint density at radius 1 is 1.08 bits per heavy atom. The van der Waals surface area contributed by atoms with Gasteiger partial charge in [0.05, 0.1) is 5.69 Å². The number of nitrogens with zero attached hydrogens (tertiary/aromatic N) is 3. The van der Waals surface area contributed by atoms with Crippen molar-refractivity contribution < 1.29 is 5.11 Å². The molecule has 0 bridgehead atoms. The van der Waals surface area contributed by atoms with Crippen LogP contribution in [0.2, 0.25) is 0 Å². The van der Waals surface area contributed by atoms with E-state index < -0.39 is 0 Å². The predicted octanol–water partition coefficient (Wildman–Crippen LogP) is 4.20. The molecule has 3 aromatic rings. The molecular weight excluding hydrogens is 314 g/mol. The van der Waals surface area contributed by atoms with Crippen molar-refractivity contribution in [2.75, 3.05) is 10.6 Å². The number of aromatic hydroxyl groups is 1. The van der Waals surface area contributed by atoms with Crippen LogP contribution in [0.3, 0.4) is 0 Å². The van der Waals surface area contributed by atoms with Gasteiger partial charge in [-0.25, -0.2) is 4.98 Å². The molecule has 2 heterocycles. The van der Waals surface area contributed by atoms with Gasteiger partial charge in [-0.05, 0) is 37.6 Å². The Bertz CT molecular complexity index is 838. The van der Waals surface area contributed by atoms with Crippen LogP contribution in [0, 0.1) is 0 Å². The van der Waals surface area contributed by atoms with E-state index in [4.69, 9.17) is 0 Å². The Morgan fingerprint density at radius 3 is 2.60 bits per heavy atom. The van der Waals surface area contributed by atoms with Crippen LogP contribution < -0.4 is 10.6 Å². The standard InChI is InChI=1S/C19H21N5O/c1-3-13(2)21-19-23-17(14-7-9-20-10-8-14)12-18(24-19)22-15-5-4-6-16(25)11-15/h4-13,25H,3H2,1-2H3,(H2,21,22,23,24)/t13-/m1/s1. The van der Waals surface area contributed by atoms with Crippen molar-refractivity contribution in [3.05, 3.63) is 54.9 Å². The van der Waals surface area contributed by atoms with Crippen LogP contribution in [-0.2, 0) is 0 Å². The number of phenolic OH excluding ortho intramolecular Hbond substituents is 1. The second-order valence-corrected chi connectivity index (χ2v) is 5.83. The summed E-state index contributed by atoms with van der Waals surface area (Å²) in [4.78, 5) is 13.2. The lowest BCUT2D eigenvalue weighted by Gasteiger charge is -2.14. The zero-order chi connectivity index (χ0) is 17.6. The lowest BCUT2D eigenvalue weighted by molar-refractivity contribution is 0.475. The Balaban J connectivity index is 1.97. The first-order valence-electron chi connectivity index (χ1n) is 8.26. The highest BCUT2D eigenvalue weighted by Crippen LogP contribution is 2.25. The first-order valence-corrected chi connectivity index (χ1v) is 8.26. The van der Waals surface area contributed by atoms with Crippen molar-refractivity contribution in [3.63, 3.8) is 0 Å². The summed E-state index contributed by atoms with van der Waals surface area (Å²) < 4.78 is 0. The molecule has 3 rings (SSSR count). The molecule has 25 heavy (non-hydrogen) atoms. The van der Waals surface area contributed by atoms with E-state index >= 15 is 0 Å². The van der Waals surface area contributed by atoms with Crippen molar-refractivity contribution in [2.24, 2.45) is 0 Å². The van der Waals surface area contributed by atoms with E-state index in [1.807, 2.05) is 24.3 Å². The summed E-state index contributed by atoms with van der Waals surface area (Å²) in [6.45, 7) is 4.20. The number of pyridine rings is 1. The molecule has 128 valence electrons. The maximum Gasteiger partial charge on any atom is 0.225 e. The van der Waals surface area contributed by atoms with Crippen LogP contribution in [0.4, 0.5) is 17.5 Å². The number of aromatic nitrogens is 3. The molecule has 0 radical (unpaired) electrons. The summed E-state index contributed by atoms with van der Waals surface area (Å²) in [5.74, 6) is 1.41. The summed E-state index contributed by atoms with van der Waals surface area (Å²) in [5.41, 5.74) is 2.52. The van der Waals surface area contributed by atoms with E-state index in [2.05, 4.69) is 39.4 Å². The third kappa shape index (κ3) is 4.44. The van der Waals surface area contributed by atoms with Crippen LogP contribution >= 0.6 is 0 Å². The second kappa shape index (κ2) is 7.61. The molecule has 0 fully saturated rings. The Hall–Kier alpha value is -3.15. The number of hydrogen-bond donors (Lipinski definition) is 3. The van der Waals surface area contributed by atoms with Gasteiger partial charge in [-0.2, -0.15) is 4.98 Å². The molecule has 6 nitrogen and oxygen atoms in total. The van der Waals surface area contributed by atoms with Gasteiger partial charge in [0.15, 0.2) is 0 Å². The minimum atomic E-state index is 0.200. The monoisotopic (exact) mass is 335 g/mol. The average molecular weight is 335 g/mol. The van der Waals surface area contributed by atoms with Crippen molar-refractivity contribution in [1.82, 2.24) is 15.0 Å². The van der Waals surface area contributed by atoms with Crippen LogP contribution in [0.25, 0.3) is 11.3 Å². The maximum atomic E-state index is 9.64. The van der Waals surface area contributed by atoms with Gasteiger partial charge in [-0.15, -0.1) is 0 Å². The summed E-state index contributed by atoms with van der Waals surface area (Å²) in [6, 6.07) is 12.9. The van der Waals surface area contributed by atoms with Gasteiger partial charge in [-0.3, -0.25) is 4.98 Å². The molecular formula is C19H21N5O. The Morgan fingerprint density at radius 2 is 1.88 bits per heavy atom. The van der Waals surface area contributed by atoms with Gasteiger partial charge in [0.2, 0.25) is 5.95 Å². The third-order valence-corrected chi connectivity index (χ3v) is 3.81. The minimum Gasteiger partial charge on any atom is -0.508 e. The van der Waals surface area contributed by atoms with Gasteiger partial charge in [-0.1, -0.05) is 13.0 Å². The fraction of sp³-hybridized carbons (Fsp3) is 0.211. The van der Waals surface area contributed by atoms with E-state index in [-0.39, 0.29) is 11.8 Å². The molecule has 1 atom stereocenters. The van der Waals surface area contributed by atoms with E-state index in [1.54, 1.807) is 30.6 Å². The molecule has 0 saturated carbocycles. The molecule has 0 aliphatic heterocycles. The largest absolute Gasteiger partial charge is 0.508 e. The topological polar surface area (TPSA) is 83.0 Å². The van der Waals surface area contributed by atoms with Gasteiger partial charge in [0.25, 0.3) is 0 Å².